The first-order chi connectivity index (χ1) is 14.9. The fraction of sp³-hybridized carbons (Fsp3) is 0.292. The van der Waals surface area contributed by atoms with E-state index in [2.05, 4.69) is 5.32 Å². The highest BCUT2D eigenvalue weighted by Crippen LogP contribution is 2.40. The second kappa shape index (κ2) is 8.26. The maximum atomic E-state index is 13.0. The van der Waals surface area contributed by atoms with Crippen LogP contribution in [-0.2, 0) is 9.59 Å². The maximum absolute atomic E-state index is 13.0. The van der Waals surface area contributed by atoms with E-state index < -0.39 is 0 Å². The van der Waals surface area contributed by atoms with Crippen molar-refractivity contribution in [2.24, 2.45) is 17.8 Å². The number of amides is 3. The van der Waals surface area contributed by atoms with E-state index in [-0.39, 0.29) is 35.5 Å². The highest BCUT2D eigenvalue weighted by atomic mass is 16.5. The van der Waals surface area contributed by atoms with E-state index in [0.717, 1.165) is 0 Å². The lowest BCUT2D eigenvalue weighted by molar-refractivity contribution is -0.122. The summed E-state index contributed by atoms with van der Waals surface area (Å²) in [6.45, 7) is 1.95. The number of anilines is 2. The molecule has 31 heavy (non-hydrogen) atoms. The van der Waals surface area contributed by atoms with Crippen LogP contribution in [0.25, 0.3) is 0 Å². The number of ether oxygens (including phenoxy) is 2. The summed E-state index contributed by atoms with van der Waals surface area (Å²) in [5.74, 6) is -0.435. The number of methoxy groups -OCH3 is 2. The van der Waals surface area contributed by atoms with Gasteiger partial charge in [-0.3, -0.25) is 19.3 Å². The molecule has 1 aliphatic heterocycles. The van der Waals surface area contributed by atoms with Crippen molar-refractivity contribution in [3.8, 4) is 11.5 Å². The van der Waals surface area contributed by atoms with Crippen molar-refractivity contribution in [2.45, 2.75) is 13.3 Å². The summed E-state index contributed by atoms with van der Waals surface area (Å²) >= 11 is 0. The van der Waals surface area contributed by atoms with Crippen LogP contribution in [0.3, 0.4) is 0 Å². The Labute approximate surface area is 180 Å². The van der Waals surface area contributed by atoms with Gasteiger partial charge < -0.3 is 14.8 Å². The molecule has 2 aromatic rings. The van der Waals surface area contributed by atoms with Crippen LogP contribution >= 0.6 is 0 Å². The van der Waals surface area contributed by atoms with Crippen molar-refractivity contribution in [3.63, 3.8) is 0 Å². The van der Waals surface area contributed by atoms with Crippen LogP contribution in [0.15, 0.2) is 54.6 Å². The SMILES string of the molecule is COc1ccc(OC)c(NC(=O)c2cccc(N3C(=O)[C@@H]4[C@H](C)C=CC[C@H]4C3=O)c2)c1. The molecule has 2 aliphatic rings. The Hall–Kier alpha value is -3.61. The molecule has 0 unspecified atom stereocenters. The molecule has 2 aromatic carbocycles. The summed E-state index contributed by atoms with van der Waals surface area (Å²) in [4.78, 5) is 40.1. The smallest absolute Gasteiger partial charge is 0.255 e. The van der Waals surface area contributed by atoms with Crippen LogP contribution in [-0.4, -0.2) is 31.9 Å². The molecular formula is C24H24N2O5. The van der Waals surface area contributed by atoms with E-state index in [1.165, 1.54) is 19.1 Å². The number of nitrogens with one attached hydrogen (secondary N) is 1. The van der Waals surface area contributed by atoms with Gasteiger partial charge in [0.1, 0.15) is 11.5 Å². The molecule has 0 saturated carbocycles. The van der Waals surface area contributed by atoms with Gasteiger partial charge in [0.25, 0.3) is 5.91 Å². The fourth-order valence-corrected chi connectivity index (χ4v) is 4.29. The number of carbonyl (C=O) groups excluding carboxylic acids is 3. The third-order valence-corrected chi connectivity index (χ3v) is 5.89. The van der Waals surface area contributed by atoms with Crippen LogP contribution < -0.4 is 19.7 Å². The lowest BCUT2D eigenvalue weighted by atomic mass is 9.78. The fourth-order valence-electron chi connectivity index (χ4n) is 4.29. The van der Waals surface area contributed by atoms with Crippen LogP contribution in [0.4, 0.5) is 11.4 Å². The Kier molecular flexibility index (Phi) is 5.50. The molecule has 1 heterocycles. The Morgan fingerprint density at radius 1 is 1.06 bits per heavy atom. The zero-order valence-electron chi connectivity index (χ0n) is 17.6. The van der Waals surface area contributed by atoms with Crippen LogP contribution in [0.1, 0.15) is 23.7 Å². The Morgan fingerprint density at radius 3 is 2.58 bits per heavy atom. The molecule has 0 radical (unpaired) electrons. The minimum absolute atomic E-state index is 0.00667. The van der Waals surface area contributed by atoms with Crippen molar-refractivity contribution < 1.29 is 23.9 Å². The van der Waals surface area contributed by atoms with Gasteiger partial charge >= 0.3 is 0 Å². The van der Waals surface area contributed by atoms with Gasteiger partial charge in [-0.25, -0.2) is 0 Å². The summed E-state index contributed by atoms with van der Waals surface area (Å²) in [6.07, 6.45) is 4.51. The van der Waals surface area contributed by atoms with Gasteiger partial charge in [-0.15, -0.1) is 0 Å². The van der Waals surface area contributed by atoms with Crippen LogP contribution in [0.5, 0.6) is 11.5 Å². The first-order valence-electron chi connectivity index (χ1n) is 10.1. The van der Waals surface area contributed by atoms with Gasteiger partial charge in [-0.2, -0.15) is 0 Å². The number of benzene rings is 2. The largest absolute Gasteiger partial charge is 0.497 e. The van der Waals surface area contributed by atoms with Gasteiger partial charge in [0.2, 0.25) is 11.8 Å². The first kappa shape index (κ1) is 20.7. The van der Waals surface area contributed by atoms with E-state index in [1.807, 2.05) is 19.1 Å². The van der Waals surface area contributed by atoms with Gasteiger partial charge in [0.15, 0.2) is 0 Å². The van der Waals surface area contributed by atoms with Gasteiger partial charge in [-0.05, 0) is 42.7 Å². The third kappa shape index (κ3) is 3.67. The average molecular weight is 420 g/mol. The molecule has 1 N–H and O–H groups in total. The highest BCUT2D eigenvalue weighted by molar-refractivity contribution is 6.22. The second-order valence-electron chi connectivity index (χ2n) is 7.74. The molecule has 7 nitrogen and oxygen atoms in total. The highest BCUT2D eigenvalue weighted by Gasteiger charge is 2.50. The van der Waals surface area contributed by atoms with Crippen molar-refractivity contribution >= 4 is 29.1 Å². The molecule has 7 heteroatoms. The minimum atomic E-state index is -0.389. The third-order valence-electron chi connectivity index (χ3n) is 5.89. The molecule has 3 amide bonds. The predicted molar refractivity (Wildman–Crippen MR) is 116 cm³/mol. The van der Waals surface area contributed by atoms with E-state index in [4.69, 9.17) is 9.47 Å². The van der Waals surface area contributed by atoms with Gasteiger partial charge in [0.05, 0.1) is 37.4 Å². The Balaban J connectivity index is 1.60. The number of hydrogen-bond acceptors (Lipinski definition) is 5. The maximum Gasteiger partial charge on any atom is 0.255 e. The van der Waals surface area contributed by atoms with Crippen LogP contribution in [0, 0.1) is 17.8 Å². The molecular weight excluding hydrogens is 396 g/mol. The summed E-state index contributed by atoms with van der Waals surface area (Å²) in [6, 6.07) is 11.6. The van der Waals surface area contributed by atoms with Gasteiger partial charge in [0, 0.05) is 11.6 Å². The number of imide groups is 1. The molecule has 1 saturated heterocycles. The molecule has 1 fully saturated rings. The summed E-state index contributed by atoms with van der Waals surface area (Å²) in [5.41, 5.74) is 1.18. The molecule has 0 spiro atoms. The molecule has 0 aromatic heterocycles. The quantitative estimate of drug-likeness (QED) is 0.589. The molecule has 0 bridgehead atoms. The first-order valence-corrected chi connectivity index (χ1v) is 10.1. The number of nitrogens with zero attached hydrogens (tertiary/aromatic N) is 1. The average Bonchev–Trinajstić information content (AvgIpc) is 3.04. The zero-order chi connectivity index (χ0) is 22.1. The summed E-state index contributed by atoms with van der Waals surface area (Å²) in [7, 11) is 3.05. The predicted octanol–water partition coefficient (Wildman–Crippen LogP) is 3.66. The zero-order valence-corrected chi connectivity index (χ0v) is 17.6. The molecule has 1 aliphatic carbocycles. The topological polar surface area (TPSA) is 84.9 Å². The van der Waals surface area contributed by atoms with E-state index in [0.29, 0.717) is 34.9 Å². The molecule has 4 rings (SSSR count). The lowest BCUT2D eigenvalue weighted by Gasteiger charge is -2.22. The lowest BCUT2D eigenvalue weighted by Crippen LogP contribution is -2.31. The Bertz CT molecular complexity index is 1080. The number of carbonyl (C=O) groups is 3. The standard InChI is InChI=1S/C24H24N2O5/c1-14-6-4-9-18-21(14)24(29)26(23(18)28)16-8-5-7-15(12-16)22(27)25-19-13-17(30-2)10-11-20(19)31-3/h4-8,10-14,18,21H,9H2,1-3H3,(H,25,27)/t14-,18-,21-/m1/s1. The van der Waals surface area contributed by atoms with Crippen molar-refractivity contribution in [2.75, 3.05) is 24.4 Å². The van der Waals surface area contributed by atoms with Crippen molar-refractivity contribution in [1.82, 2.24) is 0 Å². The van der Waals surface area contributed by atoms with E-state index in [1.54, 1.807) is 42.5 Å². The summed E-state index contributed by atoms with van der Waals surface area (Å²) in [5, 5.41) is 2.81. The molecule has 3 atom stereocenters. The van der Waals surface area contributed by atoms with Gasteiger partial charge in [-0.1, -0.05) is 25.1 Å². The number of fused-ring (bicyclic) bond motifs is 1. The van der Waals surface area contributed by atoms with Crippen molar-refractivity contribution in [1.29, 1.82) is 0 Å². The van der Waals surface area contributed by atoms with Crippen LogP contribution in [0.2, 0.25) is 0 Å². The molecule has 160 valence electrons. The minimum Gasteiger partial charge on any atom is -0.497 e. The number of allylic oxidation sites excluding steroid dienone is 2. The Morgan fingerprint density at radius 2 is 1.87 bits per heavy atom. The monoisotopic (exact) mass is 420 g/mol. The van der Waals surface area contributed by atoms with Crippen molar-refractivity contribution in [3.05, 3.63) is 60.2 Å². The summed E-state index contributed by atoms with van der Waals surface area (Å²) < 4.78 is 10.5. The number of rotatable bonds is 5. The van der Waals surface area contributed by atoms with E-state index >= 15 is 0 Å². The number of hydrogen-bond donors (Lipinski definition) is 1. The van der Waals surface area contributed by atoms with E-state index in [9.17, 15) is 14.4 Å². The normalized spacial score (nSPS) is 22.3. The second-order valence-corrected chi connectivity index (χ2v) is 7.74.